The molecule has 8 nitrogen and oxygen atoms in total. The highest BCUT2D eigenvalue weighted by Gasteiger charge is 2.42. The Morgan fingerprint density at radius 1 is 1.18 bits per heavy atom. The summed E-state index contributed by atoms with van der Waals surface area (Å²) in [5, 5.41) is 19.6. The summed E-state index contributed by atoms with van der Waals surface area (Å²) in [6.45, 7) is 1.78. The number of aryl methyl sites for hydroxylation is 1. The number of aromatic hydroxyl groups is 1. The molecule has 1 saturated heterocycles. The Kier molecular flexibility index (Phi) is 5.36. The van der Waals surface area contributed by atoms with E-state index < -0.39 is 28.3 Å². The molecule has 0 bridgehead atoms. The quantitative estimate of drug-likeness (QED) is 0.659. The Balaban J connectivity index is 1.74. The van der Waals surface area contributed by atoms with Gasteiger partial charge < -0.3 is 15.5 Å². The number of carbonyl (C=O) groups is 4. The molecular formula is C19H16N2O6S. The molecule has 3 rings (SSSR count). The van der Waals surface area contributed by atoms with Crippen molar-refractivity contribution in [3.8, 4) is 5.75 Å². The molecule has 9 heteroatoms. The molecule has 2 aromatic rings. The summed E-state index contributed by atoms with van der Waals surface area (Å²) in [5.41, 5.74) is 0.939. The molecule has 1 heterocycles. The van der Waals surface area contributed by atoms with Crippen molar-refractivity contribution in [1.29, 1.82) is 0 Å². The van der Waals surface area contributed by atoms with E-state index in [4.69, 9.17) is 0 Å². The Labute approximate surface area is 164 Å². The van der Waals surface area contributed by atoms with Gasteiger partial charge in [-0.2, -0.15) is 0 Å². The molecule has 0 aliphatic carbocycles. The lowest BCUT2D eigenvalue weighted by molar-refractivity contribution is -0.121. The summed E-state index contributed by atoms with van der Waals surface area (Å²) in [4.78, 5) is 49.6. The van der Waals surface area contributed by atoms with Crippen molar-refractivity contribution >= 4 is 46.2 Å². The number of benzene rings is 2. The topological polar surface area (TPSA) is 124 Å². The number of rotatable bonds is 5. The molecule has 3 amide bonds. The van der Waals surface area contributed by atoms with E-state index in [1.165, 1.54) is 12.1 Å². The minimum absolute atomic E-state index is 0.00664. The SMILES string of the molecule is Cc1ccccc1N1C(=O)SC(CC(=O)Nc2ccc(O)cc2C(=O)O)C1=O. The van der Waals surface area contributed by atoms with Crippen LogP contribution in [0.15, 0.2) is 42.5 Å². The van der Waals surface area contributed by atoms with Gasteiger partial charge in [-0.25, -0.2) is 9.69 Å². The van der Waals surface area contributed by atoms with Crippen molar-refractivity contribution in [3.63, 3.8) is 0 Å². The molecule has 1 aliphatic rings. The number of hydrogen-bond acceptors (Lipinski definition) is 6. The van der Waals surface area contributed by atoms with Gasteiger partial charge in [-0.3, -0.25) is 14.4 Å². The highest BCUT2D eigenvalue weighted by atomic mass is 32.2. The fourth-order valence-electron chi connectivity index (χ4n) is 2.81. The van der Waals surface area contributed by atoms with E-state index in [1.807, 2.05) is 0 Å². The number of hydrogen-bond donors (Lipinski definition) is 3. The molecule has 0 saturated carbocycles. The summed E-state index contributed by atoms with van der Waals surface area (Å²) in [6.07, 6.45) is -0.294. The van der Waals surface area contributed by atoms with Crippen LogP contribution in [-0.4, -0.2) is 38.5 Å². The maximum absolute atomic E-state index is 12.7. The Morgan fingerprint density at radius 2 is 1.89 bits per heavy atom. The van der Waals surface area contributed by atoms with Gasteiger partial charge in [-0.05, 0) is 48.5 Å². The van der Waals surface area contributed by atoms with Crippen LogP contribution in [0.1, 0.15) is 22.3 Å². The number of carbonyl (C=O) groups excluding carboxylic acids is 3. The average molecular weight is 400 g/mol. The van der Waals surface area contributed by atoms with E-state index in [0.717, 1.165) is 28.3 Å². The number of amides is 3. The van der Waals surface area contributed by atoms with Gasteiger partial charge in [0.25, 0.3) is 5.24 Å². The maximum Gasteiger partial charge on any atom is 0.337 e. The number of phenolic OH excluding ortho intramolecular Hbond substituents is 1. The minimum atomic E-state index is -1.32. The van der Waals surface area contributed by atoms with Crippen LogP contribution in [0.4, 0.5) is 16.2 Å². The maximum atomic E-state index is 12.7. The van der Waals surface area contributed by atoms with Gasteiger partial charge >= 0.3 is 5.97 Å². The predicted molar refractivity (Wildman–Crippen MR) is 104 cm³/mol. The summed E-state index contributed by atoms with van der Waals surface area (Å²) in [5.74, 6) is -2.68. The monoisotopic (exact) mass is 400 g/mol. The zero-order valence-corrected chi connectivity index (χ0v) is 15.5. The second kappa shape index (κ2) is 7.73. The largest absolute Gasteiger partial charge is 0.508 e. The lowest BCUT2D eigenvalue weighted by atomic mass is 10.1. The zero-order chi connectivity index (χ0) is 20.4. The van der Waals surface area contributed by atoms with Crippen LogP contribution in [-0.2, 0) is 9.59 Å². The second-order valence-corrected chi connectivity index (χ2v) is 7.27. The van der Waals surface area contributed by atoms with Crippen LogP contribution in [0.25, 0.3) is 0 Å². The lowest BCUT2D eigenvalue weighted by Gasteiger charge is -2.16. The highest BCUT2D eigenvalue weighted by Crippen LogP contribution is 2.35. The molecule has 0 radical (unpaired) electrons. The Hall–Kier alpha value is -3.33. The lowest BCUT2D eigenvalue weighted by Crippen LogP contribution is -2.33. The smallest absolute Gasteiger partial charge is 0.337 e. The fraction of sp³-hybridized carbons (Fsp3) is 0.158. The zero-order valence-electron chi connectivity index (χ0n) is 14.7. The first kappa shape index (κ1) is 19.4. The highest BCUT2D eigenvalue weighted by molar-refractivity contribution is 8.15. The van der Waals surface area contributed by atoms with Gasteiger partial charge in [0, 0.05) is 6.42 Å². The molecule has 0 spiro atoms. The van der Waals surface area contributed by atoms with E-state index in [1.54, 1.807) is 31.2 Å². The van der Waals surface area contributed by atoms with Crippen LogP contribution in [0.5, 0.6) is 5.75 Å². The van der Waals surface area contributed by atoms with Crippen LogP contribution >= 0.6 is 11.8 Å². The van der Waals surface area contributed by atoms with Crippen molar-refractivity contribution in [2.45, 2.75) is 18.6 Å². The molecule has 2 aromatic carbocycles. The summed E-state index contributed by atoms with van der Waals surface area (Å²) in [7, 11) is 0. The molecule has 1 atom stereocenters. The summed E-state index contributed by atoms with van der Waals surface area (Å²) >= 11 is 0.757. The predicted octanol–water partition coefficient (Wildman–Crippen LogP) is 3.00. The fourth-order valence-corrected chi connectivity index (χ4v) is 3.78. The molecule has 0 aromatic heterocycles. The number of thioether (sulfide) groups is 1. The standard InChI is InChI=1S/C19H16N2O6S/c1-10-4-2-3-5-14(10)21-17(24)15(28-19(21)27)9-16(23)20-13-7-6-11(22)8-12(13)18(25)26/h2-8,15,22H,9H2,1H3,(H,20,23)(H,25,26). The Morgan fingerprint density at radius 3 is 2.57 bits per heavy atom. The van der Waals surface area contributed by atoms with E-state index in [-0.39, 0.29) is 23.4 Å². The van der Waals surface area contributed by atoms with Crippen molar-refractivity contribution in [3.05, 3.63) is 53.6 Å². The van der Waals surface area contributed by atoms with E-state index in [9.17, 15) is 29.4 Å². The van der Waals surface area contributed by atoms with Gasteiger partial charge in [0.05, 0.1) is 16.9 Å². The number of imide groups is 1. The molecule has 3 N–H and O–H groups in total. The van der Waals surface area contributed by atoms with E-state index in [2.05, 4.69) is 5.32 Å². The van der Waals surface area contributed by atoms with Crippen molar-refractivity contribution < 1.29 is 29.4 Å². The third-order valence-corrected chi connectivity index (χ3v) is 5.19. The van der Waals surface area contributed by atoms with Gasteiger partial charge in [-0.1, -0.05) is 18.2 Å². The number of phenols is 1. The Bertz CT molecular complexity index is 990. The third kappa shape index (κ3) is 3.84. The number of nitrogens with zero attached hydrogens (tertiary/aromatic N) is 1. The van der Waals surface area contributed by atoms with Crippen molar-refractivity contribution in [2.24, 2.45) is 0 Å². The van der Waals surface area contributed by atoms with Crippen LogP contribution in [0.2, 0.25) is 0 Å². The number of anilines is 2. The molecule has 144 valence electrons. The second-order valence-electron chi connectivity index (χ2n) is 6.12. The van der Waals surface area contributed by atoms with Crippen LogP contribution < -0.4 is 10.2 Å². The number of aromatic carboxylic acids is 1. The number of carboxylic acids is 1. The first-order valence-electron chi connectivity index (χ1n) is 8.24. The first-order chi connectivity index (χ1) is 13.3. The summed E-state index contributed by atoms with van der Waals surface area (Å²) < 4.78 is 0. The number of carboxylic acid groups (broad SMARTS) is 1. The van der Waals surface area contributed by atoms with Crippen molar-refractivity contribution in [2.75, 3.05) is 10.2 Å². The van der Waals surface area contributed by atoms with Gasteiger partial charge in [-0.15, -0.1) is 0 Å². The number of nitrogens with one attached hydrogen (secondary N) is 1. The third-order valence-electron chi connectivity index (χ3n) is 4.16. The molecule has 1 fully saturated rings. The molecule has 28 heavy (non-hydrogen) atoms. The summed E-state index contributed by atoms with van der Waals surface area (Å²) in [6, 6.07) is 10.4. The van der Waals surface area contributed by atoms with Crippen LogP contribution in [0, 0.1) is 6.92 Å². The minimum Gasteiger partial charge on any atom is -0.508 e. The van der Waals surface area contributed by atoms with E-state index >= 15 is 0 Å². The molecular weight excluding hydrogens is 384 g/mol. The molecule has 1 unspecified atom stereocenters. The number of para-hydroxylation sites is 1. The van der Waals surface area contributed by atoms with Crippen LogP contribution in [0.3, 0.4) is 0 Å². The first-order valence-corrected chi connectivity index (χ1v) is 9.12. The molecule has 1 aliphatic heterocycles. The van der Waals surface area contributed by atoms with Crippen molar-refractivity contribution in [1.82, 2.24) is 0 Å². The van der Waals surface area contributed by atoms with Gasteiger partial charge in [0.15, 0.2) is 0 Å². The van der Waals surface area contributed by atoms with Gasteiger partial charge in [0.2, 0.25) is 11.8 Å². The van der Waals surface area contributed by atoms with E-state index in [0.29, 0.717) is 5.69 Å². The average Bonchev–Trinajstić information content (AvgIpc) is 2.90. The normalized spacial score (nSPS) is 16.3. The van der Waals surface area contributed by atoms with Gasteiger partial charge in [0.1, 0.15) is 11.0 Å².